The van der Waals surface area contributed by atoms with Crippen molar-refractivity contribution in [2.45, 2.75) is 13.5 Å². The third-order valence-electron chi connectivity index (χ3n) is 2.74. The molecule has 4 heteroatoms. The van der Waals surface area contributed by atoms with E-state index >= 15 is 0 Å². The van der Waals surface area contributed by atoms with E-state index in [0.29, 0.717) is 12.1 Å². The standard InChI is InChI=1S/C13H16FN3/c1-9-12(8-17(3)16-9)10-4-5-11(7-15-2)13(14)6-10/h4-6,8,15H,7H2,1-3H3. The molecule has 0 atom stereocenters. The lowest BCUT2D eigenvalue weighted by molar-refractivity contribution is 0.601. The fourth-order valence-corrected chi connectivity index (χ4v) is 1.93. The van der Waals surface area contributed by atoms with Gasteiger partial charge in [0, 0.05) is 30.9 Å². The molecule has 0 aliphatic carbocycles. The lowest BCUT2D eigenvalue weighted by Crippen LogP contribution is -2.06. The van der Waals surface area contributed by atoms with Gasteiger partial charge in [-0.2, -0.15) is 5.10 Å². The van der Waals surface area contributed by atoms with Crippen LogP contribution in [-0.2, 0) is 13.6 Å². The fraction of sp³-hybridized carbons (Fsp3) is 0.308. The van der Waals surface area contributed by atoms with Crippen molar-refractivity contribution in [3.05, 3.63) is 41.5 Å². The molecule has 1 heterocycles. The number of aromatic nitrogens is 2. The summed E-state index contributed by atoms with van der Waals surface area (Å²) >= 11 is 0. The van der Waals surface area contributed by atoms with E-state index in [4.69, 9.17) is 0 Å². The Labute approximate surface area is 100 Å². The normalized spacial score (nSPS) is 10.8. The van der Waals surface area contributed by atoms with Gasteiger partial charge in [-0.15, -0.1) is 0 Å². The van der Waals surface area contributed by atoms with Crippen LogP contribution >= 0.6 is 0 Å². The number of hydrogen-bond donors (Lipinski definition) is 1. The Balaban J connectivity index is 2.41. The summed E-state index contributed by atoms with van der Waals surface area (Å²) in [6, 6.07) is 5.31. The van der Waals surface area contributed by atoms with Crippen molar-refractivity contribution < 1.29 is 4.39 Å². The van der Waals surface area contributed by atoms with Crippen LogP contribution in [0.3, 0.4) is 0 Å². The van der Waals surface area contributed by atoms with Crippen LogP contribution in [0.25, 0.3) is 11.1 Å². The summed E-state index contributed by atoms with van der Waals surface area (Å²) < 4.78 is 15.5. The van der Waals surface area contributed by atoms with Gasteiger partial charge in [-0.25, -0.2) is 4.39 Å². The molecular formula is C13H16FN3. The first-order valence-electron chi connectivity index (χ1n) is 5.55. The number of aryl methyl sites for hydroxylation is 2. The summed E-state index contributed by atoms with van der Waals surface area (Å²) in [6.45, 7) is 2.47. The molecule has 0 aliphatic rings. The lowest BCUT2D eigenvalue weighted by Gasteiger charge is -2.05. The van der Waals surface area contributed by atoms with Gasteiger partial charge in [-0.05, 0) is 25.6 Å². The van der Waals surface area contributed by atoms with Gasteiger partial charge in [0.25, 0.3) is 0 Å². The van der Waals surface area contributed by atoms with Crippen molar-refractivity contribution in [3.8, 4) is 11.1 Å². The van der Waals surface area contributed by atoms with Crippen molar-refractivity contribution >= 4 is 0 Å². The monoisotopic (exact) mass is 233 g/mol. The Hall–Kier alpha value is -1.68. The van der Waals surface area contributed by atoms with Crippen molar-refractivity contribution in [1.29, 1.82) is 0 Å². The van der Waals surface area contributed by atoms with E-state index in [1.165, 1.54) is 0 Å². The largest absolute Gasteiger partial charge is 0.316 e. The zero-order valence-corrected chi connectivity index (χ0v) is 10.3. The van der Waals surface area contributed by atoms with Crippen LogP contribution in [0.1, 0.15) is 11.3 Å². The minimum absolute atomic E-state index is 0.180. The van der Waals surface area contributed by atoms with Gasteiger partial charge in [0.15, 0.2) is 0 Å². The summed E-state index contributed by atoms with van der Waals surface area (Å²) in [5.74, 6) is -0.180. The number of nitrogens with one attached hydrogen (secondary N) is 1. The number of benzene rings is 1. The van der Waals surface area contributed by atoms with E-state index in [2.05, 4.69) is 10.4 Å². The van der Waals surface area contributed by atoms with Crippen LogP contribution in [0.5, 0.6) is 0 Å². The van der Waals surface area contributed by atoms with Crippen LogP contribution in [0, 0.1) is 12.7 Å². The van der Waals surface area contributed by atoms with Gasteiger partial charge < -0.3 is 5.32 Å². The van der Waals surface area contributed by atoms with Gasteiger partial charge in [-0.3, -0.25) is 4.68 Å². The molecule has 0 saturated heterocycles. The van der Waals surface area contributed by atoms with Crippen LogP contribution in [-0.4, -0.2) is 16.8 Å². The highest BCUT2D eigenvalue weighted by Crippen LogP contribution is 2.24. The first-order valence-corrected chi connectivity index (χ1v) is 5.55. The van der Waals surface area contributed by atoms with Gasteiger partial charge >= 0.3 is 0 Å². The maximum atomic E-state index is 13.8. The van der Waals surface area contributed by atoms with Gasteiger partial charge in [-0.1, -0.05) is 12.1 Å². The van der Waals surface area contributed by atoms with E-state index < -0.39 is 0 Å². The maximum Gasteiger partial charge on any atom is 0.128 e. The average molecular weight is 233 g/mol. The zero-order chi connectivity index (χ0) is 12.4. The summed E-state index contributed by atoms with van der Waals surface area (Å²) in [5.41, 5.74) is 3.43. The molecule has 2 aromatic rings. The molecule has 1 N–H and O–H groups in total. The van der Waals surface area contributed by atoms with Crippen LogP contribution in [0.4, 0.5) is 4.39 Å². The highest BCUT2D eigenvalue weighted by molar-refractivity contribution is 5.65. The van der Waals surface area contributed by atoms with Crippen molar-refractivity contribution in [2.75, 3.05) is 7.05 Å². The van der Waals surface area contributed by atoms with Crippen molar-refractivity contribution in [2.24, 2.45) is 7.05 Å². The molecule has 1 aromatic carbocycles. The van der Waals surface area contributed by atoms with E-state index in [1.54, 1.807) is 17.8 Å². The molecule has 0 bridgehead atoms. The molecule has 0 radical (unpaired) electrons. The molecule has 2 rings (SSSR count). The Morgan fingerprint density at radius 2 is 2.18 bits per heavy atom. The molecule has 0 fully saturated rings. The van der Waals surface area contributed by atoms with Crippen LogP contribution < -0.4 is 5.32 Å². The molecule has 3 nitrogen and oxygen atoms in total. The van der Waals surface area contributed by atoms with Crippen LogP contribution in [0.2, 0.25) is 0 Å². The SMILES string of the molecule is CNCc1ccc(-c2cn(C)nc2C)cc1F. The second kappa shape index (κ2) is 4.67. The fourth-order valence-electron chi connectivity index (χ4n) is 1.93. The minimum Gasteiger partial charge on any atom is -0.316 e. The second-order valence-electron chi connectivity index (χ2n) is 4.14. The highest BCUT2D eigenvalue weighted by Gasteiger charge is 2.09. The second-order valence-corrected chi connectivity index (χ2v) is 4.14. The van der Waals surface area contributed by atoms with Gasteiger partial charge in [0.1, 0.15) is 5.82 Å². The first-order chi connectivity index (χ1) is 8.11. The van der Waals surface area contributed by atoms with E-state index in [1.807, 2.05) is 32.3 Å². The third kappa shape index (κ3) is 2.36. The lowest BCUT2D eigenvalue weighted by atomic mass is 10.0. The van der Waals surface area contributed by atoms with Gasteiger partial charge in [0.2, 0.25) is 0 Å². The molecule has 90 valence electrons. The Morgan fingerprint density at radius 3 is 2.71 bits per heavy atom. The van der Waals surface area contributed by atoms with Crippen LogP contribution in [0.15, 0.2) is 24.4 Å². The first kappa shape index (κ1) is 11.8. The maximum absolute atomic E-state index is 13.8. The predicted octanol–water partition coefficient (Wildman–Crippen LogP) is 2.25. The molecule has 0 saturated carbocycles. The topological polar surface area (TPSA) is 29.9 Å². The predicted molar refractivity (Wildman–Crippen MR) is 66.1 cm³/mol. The molecule has 17 heavy (non-hydrogen) atoms. The zero-order valence-electron chi connectivity index (χ0n) is 10.3. The van der Waals surface area contributed by atoms with Gasteiger partial charge in [0.05, 0.1) is 5.69 Å². The Bertz CT molecular complexity index is 531. The third-order valence-corrected chi connectivity index (χ3v) is 2.74. The quantitative estimate of drug-likeness (QED) is 0.881. The molecule has 1 aromatic heterocycles. The van der Waals surface area contributed by atoms with E-state index in [-0.39, 0.29) is 5.82 Å². The minimum atomic E-state index is -0.180. The molecule has 0 aliphatic heterocycles. The smallest absolute Gasteiger partial charge is 0.128 e. The highest BCUT2D eigenvalue weighted by atomic mass is 19.1. The Kier molecular flexibility index (Phi) is 3.24. The average Bonchev–Trinajstić information content (AvgIpc) is 2.61. The van der Waals surface area contributed by atoms with E-state index in [9.17, 15) is 4.39 Å². The number of halogens is 1. The molecule has 0 spiro atoms. The van der Waals surface area contributed by atoms with Crippen molar-refractivity contribution in [1.82, 2.24) is 15.1 Å². The number of hydrogen-bond acceptors (Lipinski definition) is 2. The van der Waals surface area contributed by atoms with E-state index in [0.717, 1.165) is 16.8 Å². The molecular weight excluding hydrogens is 217 g/mol. The number of rotatable bonds is 3. The molecule has 0 unspecified atom stereocenters. The van der Waals surface area contributed by atoms with Crippen molar-refractivity contribution in [3.63, 3.8) is 0 Å². The summed E-state index contributed by atoms with van der Waals surface area (Å²) in [7, 11) is 3.67. The number of nitrogens with zero attached hydrogens (tertiary/aromatic N) is 2. The molecule has 0 amide bonds. The Morgan fingerprint density at radius 1 is 1.41 bits per heavy atom. The summed E-state index contributed by atoms with van der Waals surface area (Å²) in [4.78, 5) is 0. The summed E-state index contributed by atoms with van der Waals surface area (Å²) in [6.07, 6.45) is 1.90. The summed E-state index contributed by atoms with van der Waals surface area (Å²) in [5, 5.41) is 7.20.